The molecule has 5 rings (SSSR count). The van der Waals surface area contributed by atoms with Crippen molar-refractivity contribution < 1.29 is 4.79 Å². The molecule has 0 aliphatic carbocycles. The average molecular weight is 407 g/mol. The van der Waals surface area contributed by atoms with E-state index in [0.29, 0.717) is 28.8 Å². The molecule has 5 heteroatoms. The Balaban J connectivity index is 1.84. The maximum Gasteiger partial charge on any atom is 0.266 e. The molecule has 0 spiro atoms. The van der Waals surface area contributed by atoms with Crippen LogP contribution in [0.25, 0.3) is 28.2 Å². The van der Waals surface area contributed by atoms with E-state index in [1.807, 2.05) is 80.6 Å². The van der Waals surface area contributed by atoms with Crippen molar-refractivity contribution in [2.45, 2.75) is 13.8 Å². The van der Waals surface area contributed by atoms with Gasteiger partial charge in [-0.05, 0) is 49.8 Å². The zero-order valence-corrected chi connectivity index (χ0v) is 17.4. The Labute approximate surface area is 179 Å². The molecule has 1 amide bonds. The number of rotatable bonds is 3. The lowest BCUT2D eigenvalue weighted by atomic mass is 10.1. The van der Waals surface area contributed by atoms with Crippen molar-refractivity contribution in [2.75, 3.05) is 11.4 Å². The topological polar surface area (TPSA) is 55.2 Å². The number of aryl methyl sites for hydroxylation is 1. The van der Waals surface area contributed by atoms with Crippen LogP contribution in [-0.2, 0) is 4.79 Å². The zero-order valence-electron chi connectivity index (χ0n) is 17.4. The van der Waals surface area contributed by atoms with Crippen molar-refractivity contribution >= 4 is 34.1 Å². The number of para-hydroxylation sites is 3. The highest BCUT2D eigenvalue weighted by Gasteiger charge is 2.31. The SMILES string of the molecule is CCN1C(=O)C(=Cc2nc3ccccc3c(=O)n2-c2ccccc2C)c2ccccc21. The van der Waals surface area contributed by atoms with Crippen molar-refractivity contribution in [3.63, 3.8) is 0 Å². The Hall–Kier alpha value is -3.99. The maximum absolute atomic E-state index is 13.5. The molecule has 152 valence electrons. The molecule has 0 unspecified atom stereocenters. The Morgan fingerprint density at radius 2 is 1.55 bits per heavy atom. The number of fused-ring (bicyclic) bond motifs is 2. The van der Waals surface area contributed by atoms with E-state index in [1.54, 1.807) is 21.6 Å². The summed E-state index contributed by atoms with van der Waals surface area (Å²) in [6.45, 7) is 4.49. The van der Waals surface area contributed by atoms with E-state index in [-0.39, 0.29) is 11.5 Å². The molecular formula is C26H21N3O2. The van der Waals surface area contributed by atoms with Crippen LogP contribution in [0.5, 0.6) is 0 Å². The lowest BCUT2D eigenvalue weighted by molar-refractivity contribution is -0.112. The van der Waals surface area contributed by atoms with Gasteiger partial charge in [0, 0.05) is 12.1 Å². The monoisotopic (exact) mass is 407 g/mol. The standard InChI is InChI=1S/C26H21N3O2/c1-3-28-23-15-9-6-11-18(23)20(25(28)30)16-24-27-21-13-7-5-12-19(21)26(31)29(24)22-14-8-4-10-17(22)2/h4-16H,3H2,1-2H3. The van der Waals surface area contributed by atoms with Crippen molar-refractivity contribution in [3.8, 4) is 5.69 Å². The number of aromatic nitrogens is 2. The fraction of sp³-hybridized carbons (Fsp3) is 0.115. The number of amides is 1. The van der Waals surface area contributed by atoms with E-state index in [2.05, 4.69) is 0 Å². The largest absolute Gasteiger partial charge is 0.308 e. The van der Waals surface area contributed by atoms with Crippen LogP contribution in [0.1, 0.15) is 23.9 Å². The zero-order chi connectivity index (χ0) is 21.5. The van der Waals surface area contributed by atoms with Gasteiger partial charge in [-0.25, -0.2) is 4.98 Å². The number of nitrogens with zero attached hydrogens (tertiary/aromatic N) is 3. The lowest BCUT2D eigenvalue weighted by Crippen LogP contribution is -2.26. The first-order valence-electron chi connectivity index (χ1n) is 10.3. The van der Waals surface area contributed by atoms with Crippen LogP contribution in [0.4, 0.5) is 5.69 Å². The second-order valence-corrected chi connectivity index (χ2v) is 7.54. The molecule has 4 aromatic rings. The molecule has 0 bridgehead atoms. The Morgan fingerprint density at radius 3 is 2.32 bits per heavy atom. The first-order valence-corrected chi connectivity index (χ1v) is 10.3. The fourth-order valence-corrected chi connectivity index (χ4v) is 4.18. The smallest absolute Gasteiger partial charge is 0.266 e. The van der Waals surface area contributed by atoms with Crippen LogP contribution in [0.2, 0.25) is 0 Å². The first kappa shape index (κ1) is 19.0. The van der Waals surface area contributed by atoms with Crippen molar-refractivity contribution in [2.24, 2.45) is 0 Å². The van der Waals surface area contributed by atoms with Crippen LogP contribution in [0, 0.1) is 6.92 Å². The van der Waals surface area contributed by atoms with Crippen LogP contribution in [0.15, 0.2) is 77.6 Å². The highest BCUT2D eigenvalue weighted by molar-refractivity contribution is 6.35. The van der Waals surface area contributed by atoms with Gasteiger partial charge in [0.1, 0.15) is 5.82 Å². The van der Waals surface area contributed by atoms with Gasteiger partial charge in [0.2, 0.25) is 0 Å². The second-order valence-electron chi connectivity index (χ2n) is 7.54. The highest BCUT2D eigenvalue weighted by atomic mass is 16.2. The van der Waals surface area contributed by atoms with Crippen molar-refractivity contribution in [3.05, 3.63) is 100 Å². The van der Waals surface area contributed by atoms with Gasteiger partial charge in [-0.3, -0.25) is 14.2 Å². The Kier molecular flexibility index (Phi) is 4.51. The molecule has 0 radical (unpaired) electrons. The van der Waals surface area contributed by atoms with Gasteiger partial charge >= 0.3 is 0 Å². The van der Waals surface area contributed by atoms with Gasteiger partial charge in [0.25, 0.3) is 11.5 Å². The van der Waals surface area contributed by atoms with Gasteiger partial charge in [-0.1, -0.05) is 48.5 Å². The third kappa shape index (κ3) is 2.97. The van der Waals surface area contributed by atoms with E-state index in [4.69, 9.17) is 4.98 Å². The van der Waals surface area contributed by atoms with Crippen molar-refractivity contribution in [1.29, 1.82) is 0 Å². The van der Waals surface area contributed by atoms with E-state index >= 15 is 0 Å². The fourth-order valence-electron chi connectivity index (χ4n) is 4.18. The molecule has 0 saturated carbocycles. The second kappa shape index (κ2) is 7.36. The molecule has 3 aromatic carbocycles. The summed E-state index contributed by atoms with van der Waals surface area (Å²) >= 11 is 0. The van der Waals surface area contributed by atoms with Crippen molar-refractivity contribution in [1.82, 2.24) is 9.55 Å². The minimum absolute atomic E-state index is 0.0811. The lowest BCUT2D eigenvalue weighted by Gasteiger charge is -2.14. The number of likely N-dealkylation sites (N-methyl/N-ethyl adjacent to an activating group) is 1. The summed E-state index contributed by atoms with van der Waals surface area (Å²) in [5, 5.41) is 0.543. The predicted molar refractivity (Wildman–Crippen MR) is 124 cm³/mol. The normalized spacial score (nSPS) is 14.5. The molecule has 1 aliphatic rings. The highest BCUT2D eigenvalue weighted by Crippen LogP contribution is 2.37. The maximum atomic E-state index is 13.5. The summed E-state index contributed by atoms with van der Waals surface area (Å²) in [7, 11) is 0. The molecular weight excluding hydrogens is 386 g/mol. The molecule has 1 aliphatic heterocycles. The number of hydrogen-bond donors (Lipinski definition) is 0. The summed E-state index contributed by atoms with van der Waals surface area (Å²) in [4.78, 5) is 33.3. The van der Waals surface area contributed by atoms with Gasteiger partial charge in [0.15, 0.2) is 0 Å². The van der Waals surface area contributed by atoms with Crippen LogP contribution >= 0.6 is 0 Å². The van der Waals surface area contributed by atoms with Gasteiger partial charge < -0.3 is 4.90 Å². The molecule has 1 aromatic heterocycles. The third-order valence-corrected chi connectivity index (χ3v) is 5.71. The average Bonchev–Trinajstić information content (AvgIpc) is 3.06. The number of carbonyl (C=O) groups excluding carboxylic acids is 1. The molecule has 0 saturated heterocycles. The van der Waals surface area contributed by atoms with E-state index in [1.165, 1.54) is 0 Å². The van der Waals surface area contributed by atoms with Gasteiger partial charge in [-0.15, -0.1) is 0 Å². The van der Waals surface area contributed by atoms with Gasteiger partial charge in [0.05, 0.1) is 27.9 Å². The van der Waals surface area contributed by atoms with E-state index in [9.17, 15) is 9.59 Å². The van der Waals surface area contributed by atoms with Gasteiger partial charge in [-0.2, -0.15) is 0 Å². The molecule has 0 N–H and O–H groups in total. The number of anilines is 1. The first-order chi connectivity index (χ1) is 15.1. The summed E-state index contributed by atoms with van der Waals surface area (Å²) < 4.78 is 1.61. The number of carbonyl (C=O) groups is 1. The quantitative estimate of drug-likeness (QED) is 0.467. The Morgan fingerprint density at radius 1 is 0.871 bits per heavy atom. The number of benzene rings is 3. The van der Waals surface area contributed by atoms with Crippen LogP contribution < -0.4 is 10.5 Å². The van der Waals surface area contributed by atoms with Crippen LogP contribution in [-0.4, -0.2) is 22.0 Å². The van der Waals surface area contributed by atoms with E-state index in [0.717, 1.165) is 22.5 Å². The Bertz CT molecular complexity index is 1430. The molecule has 5 nitrogen and oxygen atoms in total. The summed E-state index contributed by atoms with van der Waals surface area (Å²) in [5.74, 6) is 0.358. The minimum Gasteiger partial charge on any atom is -0.308 e. The molecule has 0 atom stereocenters. The third-order valence-electron chi connectivity index (χ3n) is 5.71. The summed E-state index contributed by atoms with van der Waals surface area (Å²) in [6, 6.07) is 22.7. The van der Waals surface area contributed by atoms with Crippen LogP contribution in [0.3, 0.4) is 0 Å². The predicted octanol–water partition coefficient (Wildman–Crippen LogP) is 4.60. The molecule has 2 heterocycles. The summed E-state index contributed by atoms with van der Waals surface area (Å²) in [6.07, 6.45) is 1.75. The minimum atomic E-state index is -0.155. The van der Waals surface area contributed by atoms with E-state index < -0.39 is 0 Å². The number of hydrogen-bond acceptors (Lipinski definition) is 3. The summed E-state index contributed by atoms with van der Waals surface area (Å²) in [5.41, 5.74) is 4.44. The molecule has 31 heavy (non-hydrogen) atoms. The molecule has 0 fully saturated rings.